The molecule has 0 saturated heterocycles. The molecule has 2 rings (SSSR count). The van der Waals surface area contributed by atoms with Crippen LogP contribution >= 0.6 is 12.2 Å². The average Bonchev–Trinajstić information content (AvgIpc) is 2.64. The van der Waals surface area contributed by atoms with Gasteiger partial charge in [-0.25, -0.2) is 0 Å². The van der Waals surface area contributed by atoms with Crippen molar-refractivity contribution < 1.29 is 5.11 Å². The Balaban J connectivity index is 2.61. The van der Waals surface area contributed by atoms with Crippen LogP contribution in [0.3, 0.4) is 0 Å². The van der Waals surface area contributed by atoms with Gasteiger partial charge in [-0.05, 0) is 44.6 Å². The van der Waals surface area contributed by atoms with Gasteiger partial charge in [-0.15, -0.1) is 0 Å². The minimum atomic E-state index is 0.222. The van der Waals surface area contributed by atoms with Crippen LogP contribution in [0.25, 0.3) is 11.4 Å². The summed E-state index contributed by atoms with van der Waals surface area (Å²) in [6, 6.07) is 5.73. The summed E-state index contributed by atoms with van der Waals surface area (Å²) in [5.74, 6) is 1.02. The Labute approximate surface area is 105 Å². The smallest absolute Gasteiger partial charge is 0.195 e. The topological polar surface area (TPSA) is 53.8 Å². The molecule has 0 radical (unpaired) electrons. The Kier molecular flexibility index (Phi) is 3.02. The van der Waals surface area contributed by atoms with E-state index in [9.17, 15) is 5.11 Å². The van der Waals surface area contributed by atoms with E-state index in [0.717, 1.165) is 17.0 Å². The molecule has 5 heteroatoms. The molecule has 0 atom stereocenters. The lowest BCUT2D eigenvalue weighted by molar-refractivity contribution is 0.471. The summed E-state index contributed by atoms with van der Waals surface area (Å²) in [7, 11) is 0. The minimum absolute atomic E-state index is 0.222. The predicted octanol–water partition coefficient (Wildman–Crippen LogP) is 3.20. The molecule has 90 valence electrons. The number of hydrogen-bond acceptors (Lipinski definition) is 3. The normalized spacial score (nSPS) is 11.1. The van der Waals surface area contributed by atoms with Crippen LogP contribution in [0.2, 0.25) is 0 Å². The molecule has 0 fully saturated rings. The van der Waals surface area contributed by atoms with Crippen molar-refractivity contribution in [2.24, 2.45) is 0 Å². The third kappa shape index (κ3) is 2.10. The standard InChI is InChI=1S/C12H15N3OS/c1-7(2)15-11(13-14-12(15)17)9-5-4-8(3)10(16)6-9/h4-7,16H,1-3H3,(H,14,17). The highest BCUT2D eigenvalue weighted by molar-refractivity contribution is 7.71. The Morgan fingerprint density at radius 1 is 1.41 bits per heavy atom. The van der Waals surface area contributed by atoms with Gasteiger partial charge in [0.25, 0.3) is 0 Å². The minimum Gasteiger partial charge on any atom is -0.508 e. The van der Waals surface area contributed by atoms with Crippen molar-refractivity contribution in [3.05, 3.63) is 28.5 Å². The molecule has 0 saturated carbocycles. The van der Waals surface area contributed by atoms with Gasteiger partial charge in [-0.1, -0.05) is 12.1 Å². The van der Waals surface area contributed by atoms with Crippen molar-refractivity contribution in [3.63, 3.8) is 0 Å². The summed E-state index contributed by atoms with van der Waals surface area (Å²) < 4.78 is 2.52. The highest BCUT2D eigenvalue weighted by atomic mass is 32.1. The van der Waals surface area contributed by atoms with Crippen LogP contribution in [0.1, 0.15) is 25.5 Å². The van der Waals surface area contributed by atoms with Crippen molar-refractivity contribution in [2.45, 2.75) is 26.8 Å². The van der Waals surface area contributed by atoms with Crippen molar-refractivity contribution in [3.8, 4) is 17.1 Å². The van der Waals surface area contributed by atoms with E-state index in [2.05, 4.69) is 10.2 Å². The zero-order valence-corrected chi connectivity index (χ0v) is 10.9. The molecular formula is C12H15N3OS. The van der Waals surface area contributed by atoms with Crippen LogP contribution in [0.4, 0.5) is 0 Å². The first-order valence-corrected chi connectivity index (χ1v) is 5.88. The van der Waals surface area contributed by atoms with Crippen molar-refractivity contribution in [1.82, 2.24) is 14.8 Å². The monoisotopic (exact) mass is 249 g/mol. The van der Waals surface area contributed by atoms with Crippen LogP contribution in [0.15, 0.2) is 18.2 Å². The molecule has 0 amide bonds. The van der Waals surface area contributed by atoms with Gasteiger partial charge >= 0.3 is 0 Å². The maximum absolute atomic E-state index is 9.72. The summed E-state index contributed by atoms with van der Waals surface area (Å²) in [5, 5.41) is 16.7. The molecule has 0 aliphatic heterocycles. The molecule has 0 spiro atoms. The van der Waals surface area contributed by atoms with E-state index in [1.807, 2.05) is 37.5 Å². The van der Waals surface area contributed by atoms with Crippen molar-refractivity contribution in [2.75, 3.05) is 0 Å². The number of benzene rings is 1. The fourth-order valence-corrected chi connectivity index (χ4v) is 2.08. The van der Waals surface area contributed by atoms with E-state index in [4.69, 9.17) is 12.2 Å². The fourth-order valence-electron chi connectivity index (χ4n) is 1.74. The molecule has 2 aromatic rings. The number of nitrogens with zero attached hydrogens (tertiary/aromatic N) is 2. The number of aromatic hydroxyl groups is 1. The molecule has 1 heterocycles. The highest BCUT2D eigenvalue weighted by Gasteiger charge is 2.12. The number of aryl methyl sites for hydroxylation is 1. The third-order valence-corrected chi connectivity index (χ3v) is 2.98. The van der Waals surface area contributed by atoms with E-state index in [1.54, 1.807) is 6.07 Å². The van der Waals surface area contributed by atoms with Crippen LogP contribution < -0.4 is 0 Å². The van der Waals surface area contributed by atoms with Gasteiger partial charge in [-0.2, -0.15) is 5.10 Å². The van der Waals surface area contributed by atoms with Gasteiger partial charge < -0.3 is 5.11 Å². The van der Waals surface area contributed by atoms with Crippen LogP contribution in [-0.2, 0) is 0 Å². The Morgan fingerprint density at radius 2 is 2.12 bits per heavy atom. The second kappa shape index (κ2) is 4.33. The van der Waals surface area contributed by atoms with Gasteiger partial charge in [0.05, 0.1) is 0 Å². The predicted molar refractivity (Wildman–Crippen MR) is 69.6 cm³/mol. The van der Waals surface area contributed by atoms with Crippen molar-refractivity contribution >= 4 is 12.2 Å². The molecule has 17 heavy (non-hydrogen) atoms. The molecule has 0 unspecified atom stereocenters. The van der Waals surface area contributed by atoms with E-state index in [-0.39, 0.29) is 11.8 Å². The first-order valence-electron chi connectivity index (χ1n) is 5.47. The van der Waals surface area contributed by atoms with Gasteiger partial charge in [0.15, 0.2) is 10.6 Å². The lowest BCUT2D eigenvalue weighted by atomic mass is 10.1. The van der Waals surface area contributed by atoms with Gasteiger partial charge in [0, 0.05) is 11.6 Å². The number of phenolic OH excluding ortho intramolecular Hbond substituents is 1. The van der Waals surface area contributed by atoms with Crippen LogP contribution in [-0.4, -0.2) is 19.9 Å². The first-order chi connectivity index (χ1) is 8.00. The van der Waals surface area contributed by atoms with Gasteiger partial charge in [-0.3, -0.25) is 9.67 Å². The SMILES string of the molecule is Cc1ccc(-c2n[nH]c(=S)n2C(C)C)cc1O. The van der Waals surface area contributed by atoms with E-state index in [1.165, 1.54) is 0 Å². The maximum atomic E-state index is 9.72. The van der Waals surface area contributed by atoms with Crippen molar-refractivity contribution in [1.29, 1.82) is 0 Å². The summed E-state index contributed by atoms with van der Waals surface area (Å²) >= 11 is 5.19. The molecule has 4 nitrogen and oxygen atoms in total. The Bertz CT molecular complexity index is 598. The van der Waals surface area contributed by atoms with E-state index < -0.39 is 0 Å². The molecule has 0 aliphatic rings. The highest BCUT2D eigenvalue weighted by Crippen LogP contribution is 2.26. The Hall–Kier alpha value is -1.62. The number of phenols is 1. The summed E-state index contributed by atoms with van der Waals surface area (Å²) in [6.45, 7) is 5.95. The molecule has 1 aromatic heterocycles. The van der Waals surface area contributed by atoms with Crippen LogP contribution in [0.5, 0.6) is 5.75 Å². The molecule has 0 bridgehead atoms. The molecular weight excluding hydrogens is 234 g/mol. The van der Waals surface area contributed by atoms with E-state index in [0.29, 0.717) is 4.77 Å². The number of hydrogen-bond donors (Lipinski definition) is 2. The molecule has 0 aliphatic carbocycles. The number of aromatic amines is 1. The first kappa shape index (κ1) is 11.9. The quantitative estimate of drug-likeness (QED) is 0.804. The molecule has 2 N–H and O–H groups in total. The zero-order chi connectivity index (χ0) is 12.6. The fraction of sp³-hybridized carbons (Fsp3) is 0.333. The molecule has 1 aromatic carbocycles. The van der Waals surface area contributed by atoms with Gasteiger partial charge in [0.2, 0.25) is 0 Å². The van der Waals surface area contributed by atoms with E-state index >= 15 is 0 Å². The van der Waals surface area contributed by atoms with Crippen LogP contribution in [0, 0.1) is 11.7 Å². The third-order valence-electron chi connectivity index (χ3n) is 2.69. The number of aromatic nitrogens is 3. The lowest BCUT2D eigenvalue weighted by Gasteiger charge is -2.10. The summed E-state index contributed by atoms with van der Waals surface area (Å²) in [4.78, 5) is 0. The number of rotatable bonds is 2. The van der Waals surface area contributed by atoms with Gasteiger partial charge in [0.1, 0.15) is 5.75 Å². The second-order valence-corrected chi connectivity index (χ2v) is 4.70. The number of nitrogens with one attached hydrogen (secondary N) is 1. The summed E-state index contributed by atoms with van der Waals surface area (Å²) in [6.07, 6.45) is 0. The summed E-state index contributed by atoms with van der Waals surface area (Å²) in [5.41, 5.74) is 1.70. The second-order valence-electron chi connectivity index (χ2n) is 4.32. The number of H-pyrrole nitrogens is 1. The lowest BCUT2D eigenvalue weighted by Crippen LogP contribution is -2.03. The average molecular weight is 249 g/mol. The largest absolute Gasteiger partial charge is 0.508 e. The Morgan fingerprint density at radius 3 is 2.71 bits per heavy atom. The zero-order valence-electron chi connectivity index (χ0n) is 10.1. The maximum Gasteiger partial charge on any atom is 0.195 e.